The molecule has 0 atom stereocenters. The molecule has 1 fully saturated rings. The summed E-state index contributed by atoms with van der Waals surface area (Å²) in [6, 6.07) is 10.6. The Hall–Kier alpha value is -3.41. The van der Waals surface area contributed by atoms with Crippen LogP contribution in [-0.2, 0) is 22.3 Å². The number of hydrogen-bond donors (Lipinski definition) is 1. The van der Waals surface area contributed by atoms with E-state index in [9.17, 15) is 18.0 Å². The predicted octanol–water partition coefficient (Wildman–Crippen LogP) is 2.70. The van der Waals surface area contributed by atoms with Gasteiger partial charge >= 0.3 is 6.18 Å². The van der Waals surface area contributed by atoms with Crippen molar-refractivity contribution in [1.29, 1.82) is 0 Å². The van der Waals surface area contributed by atoms with Crippen LogP contribution in [0.5, 0.6) is 5.75 Å². The Kier molecular flexibility index (Phi) is 7.15. The third-order valence-corrected chi connectivity index (χ3v) is 5.64. The molecule has 1 aliphatic rings. The number of anilines is 1. The van der Waals surface area contributed by atoms with Gasteiger partial charge in [-0.15, -0.1) is 15.3 Å². The number of ether oxygens (including phenoxy) is 2. The Morgan fingerprint density at radius 3 is 2.50 bits per heavy atom. The second-order valence-corrected chi connectivity index (χ2v) is 7.95. The van der Waals surface area contributed by atoms with E-state index in [-0.39, 0.29) is 17.5 Å². The molecular weight excluding hydrogens is 453 g/mol. The molecule has 9 nitrogen and oxygen atoms in total. The molecule has 1 aliphatic heterocycles. The SMILES string of the molecule is COCCOc1ccc(CNC(=O)C2CCN(c3ccc4nnc(C(F)(F)F)n4n3)CC2)cc1. The Balaban J connectivity index is 1.28. The summed E-state index contributed by atoms with van der Waals surface area (Å²) in [7, 11) is 1.61. The van der Waals surface area contributed by atoms with Crippen LogP contribution in [-0.4, -0.2) is 59.1 Å². The van der Waals surface area contributed by atoms with E-state index in [1.807, 2.05) is 29.2 Å². The minimum absolute atomic E-state index is 0.0277. The van der Waals surface area contributed by atoms with Gasteiger partial charge in [0.1, 0.15) is 18.2 Å². The van der Waals surface area contributed by atoms with Crippen LogP contribution in [0.4, 0.5) is 19.0 Å². The van der Waals surface area contributed by atoms with Gasteiger partial charge in [0.2, 0.25) is 5.91 Å². The average Bonchev–Trinajstić information content (AvgIpc) is 3.28. The predicted molar refractivity (Wildman–Crippen MR) is 116 cm³/mol. The largest absolute Gasteiger partial charge is 0.491 e. The number of benzene rings is 1. The number of aromatic nitrogens is 4. The summed E-state index contributed by atoms with van der Waals surface area (Å²) in [5, 5.41) is 13.8. The minimum Gasteiger partial charge on any atom is -0.491 e. The van der Waals surface area contributed by atoms with Crippen LogP contribution < -0.4 is 15.0 Å². The first-order valence-electron chi connectivity index (χ1n) is 10.9. The van der Waals surface area contributed by atoms with Crippen LogP contribution >= 0.6 is 0 Å². The normalized spacial score (nSPS) is 15.0. The van der Waals surface area contributed by atoms with E-state index in [4.69, 9.17) is 9.47 Å². The quantitative estimate of drug-likeness (QED) is 0.498. The molecule has 1 aromatic carbocycles. The number of carbonyl (C=O) groups is 1. The number of rotatable bonds is 8. The van der Waals surface area contributed by atoms with Crippen molar-refractivity contribution < 1.29 is 27.4 Å². The summed E-state index contributed by atoms with van der Waals surface area (Å²) in [4.78, 5) is 14.5. The third-order valence-electron chi connectivity index (χ3n) is 5.64. The maximum absolute atomic E-state index is 13.1. The van der Waals surface area contributed by atoms with E-state index in [1.165, 1.54) is 6.07 Å². The highest BCUT2D eigenvalue weighted by molar-refractivity contribution is 5.79. The number of halogens is 3. The van der Waals surface area contributed by atoms with Crippen molar-refractivity contribution in [3.05, 3.63) is 47.8 Å². The second kappa shape index (κ2) is 10.2. The average molecular weight is 478 g/mol. The molecule has 0 saturated carbocycles. The highest BCUT2D eigenvalue weighted by Crippen LogP contribution is 2.28. The lowest BCUT2D eigenvalue weighted by Gasteiger charge is -2.32. The Bertz CT molecular complexity index is 1110. The van der Waals surface area contributed by atoms with Crippen molar-refractivity contribution in [2.24, 2.45) is 5.92 Å². The molecular formula is C22H25F3N6O3. The van der Waals surface area contributed by atoms with E-state index in [1.54, 1.807) is 13.2 Å². The molecule has 0 spiro atoms. The van der Waals surface area contributed by atoms with Crippen LogP contribution in [0.3, 0.4) is 0 Å². The molecule has 2 aromatic heterocycles. The number of hydrogen-bond acceptors (Lipinski definition) is 7. The monoisotopic (exact) mass is 478 g/mol. The fourth-order valence-corrected chi connectivity index (χ4v) is 3.78. The fraction of sp³-hybridized carbons (Fsp3) is 0.455. The van der Waals surface area contributed by atoms with Crippen LogP contribution in [0.25, 0.3) is 5.65 Å². The van der Waals surface area contributed by atoms with Crippen molar-refractivity contribution in [3.63, 3.8) is 0 Å². The van der Waals surface area contributed by atoms with Crippen LogP contribution in [0.1, 0.15) is 24.2 Å². The van der Waals surface area contributed by atoms with Crippen molar-refractivity contribution in [3.8, 4) is 5.75 Å². The number of piperidine rings is 1. The number of carbonyl (C=O) groups excluding carboxylic acids is 1. The highest BCUT2D eigenvalue weighted by Gasteiger charge is 2.38. The van der Waals surface area contributed by atoms with Gasteiger partial charge in [0.15, 0.2) is 5.65 Å². The molecule has 1 saturated heterocycles. The molecule has 12 heteroatoms. The van der Waals surface area contributed by atoms with Crippen LogP contribution in [0, 0.1) is 5.92 Å². The number of fused-ring (bicyclic) bond motifs is 1. The summed E-state index contributed by atoms with van der Waals surface area (Å²) in [5.41, 5.74) is 0.983. The Morgan fingerprint density at radius 1 is 1.09 bits per heavy atom. The lowest BCUT2D eigenvalue weighted by molar-refractivity contribution is -0.146. The van der Waals surface area contributed by atoms with E-state index in [2.05, 4.69) is 20.6 Å². The summed E-state index contributed by atoms with van der Waals surface area (Å²) in [6.45, 7) is 2.40. The second-order valence-electron chi connectivity index (χ2n) is 7.95. The lowest BCUT2D eigenvalue weighted by Crippen LogP contribution is -2.40. The molecule has 1 amide bonds. The van der Waals surface area contributed by atoms with Gasteiger partial charge in [-0.1, -0.05) is 12.1 Å². The standard InChI is InChI=1S/C22H25F3N6O3/c1-33-12-13-34-17-4-2-15(3-5-17)14-26-20(32)16-8-10-30(11-9-16)19-7-6-18-27-28-21(22(23,24)25)31(18)29-19/h2-7,16H,8-14H2,1H3,(H,26,32). The fourth-order valence-electron chi connectivity index (χ4n) is 3.78. The van der Waals surface area contributed by atoms with E-state index < -0.39 is 12.0 Å². The van der Waals surface area contributed by atoms with E-state index >= 15 is 0 Å². The van der Waals surface area contributed by atoms with Gasteiger partial charge in [-0.3, -0.25) is 4.79 Å². The topological polar surface area (TPSA) is 93.9 Å². The first kappa shape index (κ1) is 23.7. The summed E-state index contributed by atoms with van der Waals surface area (Å²) >= 11 is 0. The minimum atomic E-state index is -4.65. The molecule has 4 rings (SSSR count). The third kappa shape index (κ3) is 5.56. The van der Waals surface area contributed by atoms with Crippen molar-refractivity contribution in [1.82, 2.24) is 25.1 Å². The van der Waals surface area contributed by atoms with Crippen LogP contribution in [0.15, 0.2) is 36.4 Å². The zero-order valence-corrected chi connectivity index (χ0v) is 18.6. The molecule has 182 valence electrons. The van der Waals surface area contributed by atoms with Gasteiger partial charge in [-0.25, -0.2) is 0 Å². The zero-order chi connectivity index (χ0) is 24.1. The zero-order valence-electron chi connectivity index (χ0n) is 18.6. The molecule has 1 N–H and O–H groups in total. The summed E-state index contributed by atoms with van der Waals surface area (Å²) in [5.74, 6) is -0.239. The van der Waals surface area contributed by atoms with Crippen LogP contribution in [0.2, 0.25) is 0 Å². The number of alkyl halides is 3. The lowest BCUT2D eigenvalue weighted by atomic mass is 9.96. The maximum Gasteiger partial charge on any atom is 0.453 e. The van der Waals surface area contributed by atoms with Gasteiger partial charge in [0.25, 0.3) is 5.82 Å². The molecule has 3 heterocycles. The number of amides is 1. The molecule has 0 bridgehead atoms. The molecule has 0 aliphatic carbocycles. The van der Waals surface area contributed by atoms with E-state index in [0.29, 0.717) is 56.0 Å². The molecule has 34 heavy (non-hydrogen) atoms. The first-order chi connectivity index (χ1) is 16.3. The number of nitrogens with zero attached hydrogens (tertiary/aromatic N) is 5. The smallest absolute Gasteiger partial charge is 0.453 e. The van der Waals surface area contributed by atoms with Gasteiger partial charge in [-0.05, 0) is 42.7 Å². The molecule has 3 aromatic rings. The van der Waals surface area contributed by atoms with Crippen molar-refractivity contribution >= 4 is 17.4 Å². The Morgan fingerprint density at radius 2 is 1.82 bits per heavy atom. The summed E-state index contributed by atoms with van der Waals surface area (Å²) in [6.07, 6.45) is -3.49. The van der Waals surface area contributed by atoms with Gasteiger partial charge in [0.05, 0.1) is 6.61 Å². The van der Waals surface area contributed by atoms with Gasteiger partial charge < -0.3 is 19.7 Å². The molecule has 0 radical (unpaired) electrons. The maximum atomic E-state index is 13.1. The van der Waals surface area contributed by atoms with Gasteiger partial charge in [-0.2, -0.15) is 17.7 Å². The number of nitrogens with one attached hydrogen (secondary N) is 1. The van der Waals surface area contributed by atoms with Crippen molar-refractivity contribution in [2.45, 2.75) is 25.6 Å². The Labute approximate surface area is 193 Å². The van der Waals surface area contributed by atoms with E-state index in [0.717, 1.165) is 11.3 Å². The number of methoxy groups -OCH3 is 1. The first-order valence-corrected chi connectivity index (χ1v) is 10.9. The highest BCUT2D eigenvalue weighted by atomic mass is 19.4. The summed E-state index contributed by atoms with van der Waals surface area (Å²) < 4.78 is 50.5. The van der Waals surface area contributed by atoms with Gasteiger partial charge in [0, 0.05) is 32.7 Å². The van der Waals surface area contributed by atoms with Crippen molar-refractivity contribution in [2.75, 3.05) is 38.3 Å². The molecule has 0 unspecified atom stereocenters.